The third-order valence-corrected chi connectivity index (χ3v) is 11.1. The summed E-state index contributed by atoms with van der Waals surface area (Å²) in [5.74, 6) is 0.532. The molecule has 2 atom stereocenters. The van der Waals surface area contributed by atoms with Crippen LogP contribution in [0.4, 0.5) is 5.69 Å². The van der Waals surface area contributed by atoms with Crippen molar-refractivity contribution in [1.29, 1.82) is 0 Å². The van der Waals surface area contributed by atoms with E-state index in [0.29, 0.717) is 5.92 Å². The number of allylic oxidation sites excluding steroid dienone is 4. The topological polar surface area (TPSA) is 15.3 Å². The lowest BCUT2D eigenvalue weighted by atomic mass is 9.82. The van der Waals surface area contributed by atoms with Gasteiger partial charge in [0.25, 0.3) is 0 Å². The minimum Gasteiger partial charge on any atom is -0.363 e. The van der Waals surface area contributed by atoms with E-state index >= 15 is 0 Å². The zero-order chi connectivity index (χ0) is 33.2. The summed E-state index contributed by atoms with van der Waals surface area (Å²) in [6.45, 7) is 2.34. The summed E-state index contributed by atoms with van der Waals surface area (Å²) in [5, 5.41) is 11.6. The summed E-state index contributed by atoms with van der Waals surface area (Å²) in [4.78, 5) is 2.49. The molecule has 0 fully saturated rings. The molecule has 1 N–H and O–H groups in total. The molecule has 2 aliphatic carbocycles. The molecule has 0 amide bonds. The number of rotatable bonds is 4. The van der Waals surface area contributed by atoms with E-state index in [9.17, 15) is 0 Å². The summed E-state index contributed by atoms with van der Waals surface area (Å²) in [6.07, 6.45) is 12.5. The van der Waals surface area contributed by atoms with Gasteiger partial charge in [-0.1, -0.05) is 128 Å². The van der Waals surface area contributed by atoms with Gasteiger partial charge in [-0.05, 0) is 133 Å². The number of anilines is 1. The maximum Gasteiger partial charge on any atom is 0.130 e. The van der Waals surface area contributed by atoms with Crippen LogP contribution in [-0.4, -0.2) is 0 Å². The number of para-hydroxylation sites is 1. The summed E-state index contributed by atoms with van der Waals surface area (Å²) < 4.78 is 0. The van der Waals surface area contributed by atoms with E-state index < -0.39 is 0 Å². The molecule has 7 aromatic rings. The summed E-state index contributed by atoms with van der Waals surface area (Å²) in [5.41, 5.74) is 13.0. The Morgan fingerprint density at radius 1 is 0.600 bits per heavy atom. The van der Waals surface area contributed by atoms with Gasteiger partial charge >= 0.3 is 0 Å². The van der Waals surface area contributed by atoms with Crippen molar-refractivity contribution >= 4 is 44.1 Å². The van der Waals surface area contributed by atoms with Gasteiger partial charge in [0.1, 0.15) is 6.17 Å². The Bertz CT molecular complexity index is 2570. The SMILES string of the molecule is CC1CC=Cc2cc(-c3c4ccccc4c(-c4ccc5ccccc5c4)c4ccc(C5NC6=C(C=CCC6)N5c5ccccc5)cc34)ccc21. The molecule has 2 unspecified atom stereocenters. The molecule has 50 heavy (non-hydrogen) atoms. The zero-order valence-corrected chi connectivity index (χ0v) is 28.2. The smallest absolute Gasteiger partial charge is 0.130 e. The normalized spacial score (nSPS) is 18.1. The summed E-state index contributed by atoms with van der Waals surface area (Å²) in [6, 6.07) is 49.9. The highest BCUT2D eigenvalue weighted by Gasteiger charge is 2.33. The van der Waals surface area contributed by atoms with Gasteiger partial charge in [-0.3, -0.25) is 0 Å². The van der Waals surface area contributed by atoms with Crippen molar-refractivity contribution in [2.45, 2.75) is 38.3 Å². The van der Waals surface area contributed by atoms with Crippen molar-refractivity contribution in [3.8, 4) is 22.3 Å². The summed E-state index contributed by atoms with van der Waals surface area (Å²) >= 11 is 0. The van der Waals surface area contributed by atoms with Crippen LogP contribution in [0.5, 0.6) is 0 Å². The molecule has 7 aromatic carbocycles. The van der Waals surface area contributed by atoms with Crippen LogP contribution in [0.15, 0.2) is 163 Å². The van der Waals surface area contributed by atoms with E-state index in [0.717, 1.165) is 19.3 Å². The molecule has 0 radical (unpaired) electrons. The van der Waals surface area contributed by atoms with Gasteiger partial charge in [0.2, 0.25) is 0 Å². The van der Waals surface area contributed by atoms with Crippen molar-refractivity contribution in [1.82, 2.24) is 5.32 Å². The van der Waals surface area contributed by atoms with E-state index in [4.69, 9.17) is 0 Å². The van der Waals surface area contributed by atoms with E-state index in [-0.39, 0.29) is 6.17 Å². The van der Waals surface area contributed by atoms with Crippen molar-refractivity contribution in [2.75, 3.05) is 4.90 Å². The molecule has 1 heterocycles. The molecular weight excluding hydrogens is 605 g/mol. The highest BCUT2D eigenvalue weighted by atomic mass is 15.3. The minimum absolute atomic E-state index is 0.00898. The molecule has 2 nitrogen and oxygen atoms in total. The van der Waals surface area contributed by atoms with Crippen LogP contribution in [0.2, 0.25) is 0 Å². The first-order valence-electron chi connectivity index (χ1n) is 18.0. The van der Waals surface area contributed by atoms with E-state index in [1.54, 1.807) is 0 Å². The molecular formula is C48H38N2. The fourth-order valence-corrected chi connectivity index (χ4v) is 8.68. The van der Waals surface area contributed by atoms with Gasteiger partial charge < -0.3 is 10.2 Å². The Morgan fingerprint density at radius 2 is 1.32 bits per heavy atom. The molecule has 3 aliphatic rings. The van der Waals surface area contributed by atoms with Crippen LogP contribution in [0, 0.1) is 0 Å². The van der Waals surface area contributed by atoms with Crippen LogP contribution in [-0.2, 0) is 0 Å². The predicted octanol–water partition coefficient (Wildman–Crippen LogP) is 12.7. The van der Waals surface area contributed by atoms with Crippen molar-refractivity contribution in [3.63, 3.8) is 0 Å². The number of hydrogen-bond acceptors (Lipinski definition) is 2. The maximum atomic E-state index is 3.98. The average molecular weight is 643 g/mol. The number of nitrogens with zero attached hydrogens (tertiary/aromatic N) is 1. The monoisotopic (exact) mass is 642 g/mol. The van der Waals surface area contributed by atoms with Crippen LogP contribution < -0.4 is 10.2 Å². The van der Waals surface area contributed by atoms with Gasteiger partial charge in [-0.25, -0.2) is 0 Å². The number of nitrogens with one attached hydrogen (secondary N) is 1. The Labute approximate surface area is 293 Å². The maximum absolute atomic E-state index is 3.98. The van der Waals surface area contributed by atoms with E-state index in [1.165, 1.54) is 88.3 Å². The fraction of sp³-hybridized carbons (Fsp3) is 0.125. The Kier molecular flexibility index (Phi) is 6.77. The fourth-order valence-electron chi connectivity index (χ4n) is 8.68. The molecule has 240 valence electrons. The van der Waals surface area contributed by atoms with Crippen LogP contribution in [0.25, 0.3) is 60.6 Å². The molecule has 1 aliphatic heterocycles. The van der Waals surface area contributed by atoms with E-state index in [1.807, 2.05) is 0 Å². The van der Waals surface area contributed by atoms with Gasteiger partial charge in [0.05, 0.1) is 5.70 Å². The first-order chi connectivity index (χ1) is 24.7. The second-order valence-corrected chi connectivity index (χ2v) is 14.1. The number of fused-ring (bicyclic) bond motifs is 4. The lowest BCUT2D eigenvalue weighted by Gasteiger charge is -2.29. The van der Waals surface area contributed by atoms with Crippen LogP contribution >= 0.6 is 0 Å². The van der Waals surface area contributed by atoms with Crippen LogP contribution in [0.1, 0.15) is 55.0 Å². The Morgan fingerprint density at radius 3 is 2.18 bits per heavy atom. The van der Waals surface area contributed by atoms with Gasteiger partial charge in [0.15, 0.2) is 0 Å². The van der Waals surface area contributed by atoms with Crippen molar-refractivity contribution in [3.05, 3.63) is 180 Å². The first kappa shape index (κ1) is 29.1. The highest BCUT2D eigenvalue weighted by molar-refractivity contribution is 6.22. The zero-order valence-electron chi connectivity index (χ0n) is 28.2. The number of benzene rings is 7. The third-order valence-electron chi connectivity index (χ3n) is 11.1. The standard InChI is InChI=1S/C48H38N2/c1-31-12-11-15-34-29-36(24-26-39(31)34)47-41-19-8-7-18-40(41)46(35-23-22-32-13-5-6-14-33(32)28-35)42-27-25-37(30-43(42)47)48-49-44-20-9-10-21-45(44)50(48)38-16-3-2-4-17-38/h2-8,10-11,13-19,21-31,48-49H,9,12,20H2,1H3. The second-order valence-electron chi connectivity index (χ2n) is 14.1. The highest BCUT2D eigenvalue weighted by Crippen LogP contribution is 2.47. The molecule has 2 heteroatoms. The lowest BCUT2D eigenvalue weighted by molar-refractivity contribution is 0.635. The third kappa shape index (κ3) is 4.63. The molecule has 0 aromatic heterocycles. The van der Waals surface area contributed by atoms with Gasteiger partial charge in [-0.2, -0.15) is 0 Å². The Hall–Kier alpha value is -5.86. The predicted molar refractivity (Wildman–Crippen MR) is 212 cm³/mol. The number of hydrogen-bond donors (Lipinski definition) is 1. The molecule has 0 spiro atoms. The second kappa shape index (κ2) is 11.6. The molecule has 0 saturated heterocycles. The Balaban J connectivity index is 1.25. The molecule has 0 saturated carbocycles. The largest absolute Gasteiger partial charge is 0.363 e. The average Bonchev–Trinajstić information content (AvgIpc) is 3.57. The van der Waals surface area contributed by atoms with E-state index in [2.05, 4.69) is 175 Å². The lowest BCUT2D eigenvalue weighted by Crippen LogP contribution is -2.29. The van der Waals surface area contributed by atoms with Crippen molar-refractivity contribution < 1.29 is 0 Å². The van der Waals surface area contributed by atoms with Gasteiger partial charge in [0, 0.05) is 11.4 Å². The van der Waals surface area contributed by atoms with Crippen LogP contribution in [0.3, 0.4) is 0 Å². The molecule has 0 bridgehead atoms. The molecule has 10 rings (SSSR count). The first-order valence-corrected chi connectivity index (χ1v) is 18.0. The quantitative estimate of drug-likeness (QED) is 0.192. The van der Waals surface area contributed by atoms with Gasteiger partial charge in [-0.15, -0.1) is 0 Å². The van der Waals surface area contributed by atoms with Crippen molar-refractivity contribution in [2.24, 2.45) is 0 Å². The summed E-state index contributed by atoms with van der Waals surface area (Å²) in [7, 11) is 0. The minimum atomic E-state index is -0.00898.